The molecule has 0 bridgehead atoms. The van der Waals surface area contributed by atoms with Gasteiger partial charge in [0.2, 0.25) is 11.9 Å². The number of rotatable bonds is 6. The Morgan fingerprint density at radius 3 is 2.64 bits per heavy atom. The molecule has 168 valence electrons. The lowest BCUT2D eigenvalue weighted by Gasteiger charge is -2.16. The van der Waals surface area contributed by atoms with E-state index in [0.717, 1.165) is 27.7 Å². The fraction of sp³-hybridized carbons (Fsp3) is 0.200. The molecule has 2 heterocycles. The number of aromatic nitrogens is 3. The molecule has 8 heteroatoms. The van der Waals surface area contributed by atoms with Crippen LogP contribution in [0.5, 0.6) is 0 Å². The average molecular weight is 443 g/mol. The van der Waals surface area contributed by atoms with Crippen LogP contribution in [0.15, 0.2) is 65.7 Å². The molecule has 0 unspecified atom stereocenters. The van der Waals surface area contributed by atoms with Crippen molar-refractivity contribution in [1.29, 1.82) is 0 Å². The molecule has 4 aromatic rings. The summed E-state index contributed by atoms with van der Waals surface area (Å²) in [5.74, 6) is 0.237. The predicted molar refractivity (Wildman–Crippen MR) is 131 cm³/mol. The number of amides is 1. The molecule has 0 saturated carbocycles. The number of nitrogens with one attached hydrogen (secondary N) is 3. The largest absolute Gasteiger partial charge is 0.329 e. The van der Waals surface area contributed by atoms with E-state index in [4.69, 9.17) is 5.73 Å². The third kappa shape index (κ3) is 4.91. The zero-order chi connectivity index (χ0) is 23.5. The summed E-state index contributed by atoms with van der Waals surface area (Å²) in [6, 6.07) is 14.2. The van der Waals surface area contributed by atoms with E-state index in [1.165, 1.54) is 0 Å². The molecule has 0 fully saturated rings. The molecule has 5 N–H and O–H groups in total. The van der Waals surface area contributed by atoms with E-state index in [0.29, 0.717) is 17.2 Å². The number of aromatic amines is 1. The van der Waals surface area contributed by atoms with Crippen molar-refractivity contribution in [3.8, 4) is 11.1 Å². The van der Waals surface area contributed by atoms with Gasteiger partial charge in [0.15, 0.2) is 0 Å². The van der Waals surface area contributed by atoms with Crippen LogP contribution in [0.25, 0.3) is 22.0 Å². The number of pyridine rings is 1. The minimum absolute atomic E-state index is 0.0435. The molecule has 2 aromatic carbocycles. The second-order valence-corrected chi connectivity index (χ2v) is 8.30. The molecular formula is C25H26N6O2. The van der Waals surface area contributed by atoms with E-state index < -0.39 is 6.04 Å². The number of nitrogens with zero attached hydrogens (tertiary/aromatic N) is 2. The predicted octanol–water partition coefficient (Wildman–Crippen LogP) is 3.96. The highest BCUT2D eigenvalue weighted by atomic mass is 16.2. The first-order valence-electron chi connectivity index (χ1n) is 10.7. The standard InChI is InChI=1S/C25H26N6O2/c1-14(2)22(26)24(33)29-18-5-4-6-19(12-18)30-25-28-13-17-11-16(7-8-20(17)31-25)21-15(3)9-10-27-23(21)32/h4-14,22H,26H2,1-3H3,(H,27,32)(H,29,33)(H,28,30,31)/t22-/m0/s1. The lowest BCUT2D eigenvalue weighted by atomic mass is 10.0. The van der Waals surface area contributed by atoms with Crippen molar-refractivity contribution in [3.63, 3.8) is 0 Å². The molecule has 4 rings (SSSR count). The molecule has 0 radical (unpaired) electrons. The highest BCUT2D eigenvalue weighted by molar-refractivity contribution is 5.95. The van der Waals surface area contributed by atoms with Gasteiger partial charge in [-0.2, -0.15) is 0 Å². The summed E-state index contributed by atoms with van der Waals surface area (Å²) < 4.78 is 0. The van der Waals surface area contributed by atoms with Crippen LogP contribution < -0.4 is 21.9 Å². The molecule has 0 aliphatic rings. The zero-order valence-corrected chi connectivity index (χ0v) is 18.7. The Morgan fingerprint density at radius 1 is 1.09 bits per heavy atom. The van der Waals surface area contributed by atoms with Crippen LogP contribution in [0.3, 0.4) is 0 Å². The third-order valence-electron chi connectivity index (χ3n) is 5.44. The average Bonchev–Trinajstić information content (AvgIpc) is 2.78. The van der Waals surface area contributed by atoms with Gasteiger partial charge in [-0.3, -0.25) is 9.59 Å². The highest BCUT2D eigenvalue weighted by Crippen LogP contribution is 2.25. The van der Waals surface area contributed by atoms with Gasteiger partial charge in [-0.1, -0.05) is 26.0 Å². The summed E-state index contributed by atoms with van der Waals surface area (Å²) in [6.07, 6.45) is 3.36. The molecule has 0 aliphatic heterocycles. The summed E-state index contributed by atoms with van der Waals surface area (Å²) >= 11 is 0. The minimum Gasteiger partial charge on any atom is -0.329 e. The number of hydrogen-bond acceptors (Lipinski definition) is 6. The lowest BCUT2D eigenvalue weighted by Crippen LogP contribution is -2.39. The van der Waals surface area contributed by atoms with E-state index in [1.807, 2.05) is 57.2 Å². The van der Waals surface area contributed by atoms with Crippen molar-refractivity contribution in [2.24, 2.45) is 11.7 Å². The summed E-state index contributed by atoms with van der Waals surface area (Å²) in [5, 5.41) is 6.83. The monoisotopic (exact) mass is 442 g/mol. The smallest absolute Gasteiger partial charge is 0.256 e. The number of fused-ring (bicyclic) bond motifs is 1. The molecule has 1 amide bonds. The fourth-order valence-corrected chi connectivity index (χ4v) is 3.52. The van der Waals surface area contributed by atoms with Gasteiger partial charge in [0.05, 0.1) is 11.6 Å². The third-order valence-corrected chi connectivity index (χ3v) is 5.44. The van der Waals surface area contributed by atoms with Gasteiger partial charge >= 0.3 is 0 Å². The SMILES string of the molecule is Cc1cc[nH]c(=O)c1-c1ccc2nc(Nc3cccc(NC(=O)[C@@H](N)C(C)C)c3)ncc2c1. The first-order valence-corrected chi connectivity index (χ1v) is 10.7. The first-order chi connectivity index (χ1) is 15.8. The van der Waals surface area contributed by atoms with E-state index in [9.17, 15) is 9.59 Å². The Kier molecular flexibility index (Phi) is 6.19. The zero-order valence-electron chi connectivity index (χ0n) is 18.7. The molecule has 0 saturated heterocycles. The number of aryl methyl sites for hydroxylation is 1. The van der Waals surface area contributed by atoms with Crippen LogP contribution >= 0.6 is 0 Å². The fourth-order valence-electron chi connectivity index (χ4n) is 3.52. The quantitative estimate of drug-likeness (QED) is 0.358. The number of hydrogen-bond donors (Lipinski definition) is 4. The normalized spacial score (nSPS) is 12.0. The van der Waals surface area contributed by atoms with Gasteiger partial charge in [0.25, 0.3) is 5.56 Å². The minimum atomic E-state index is -0.578. The van der Waals surface area contributed by atoms with Crippen LogP contribution in [-0.4, -0.2) is 26.9 Å². The molecule has 33 heavy (non-hydrogen) atoms. The summed E-state index contributed by atoms with van der Waals surface area (Å²) in [6.45, 7) is 5.72. The van der Waals surface area contributed by atoms with Gasteiger partial charge in [-0.25, -0.2) is 9.97 Å². The number of nitrogens with two attached hydrogens (primary N) is 1. The van der Waals surface area contributed by atoms with E-state index in [1.54, 1.807) is 24.5 Å². The van der Waals surface area contributed by atoms with Crippen molar-refractivity contribution in [1.82, 2.24) is 15.0 Å². The topological polar surface area (TPSA) is 126 Å². The van der Waals surface area contributed by atoms with Crippen molar-refractivity contribution in [2.75, 3.05) is 10.6 Å². The van der Waals surface area contributed by atoms with Crippen LogP contribution in [0.4, 0.5) is 17.3 Å². The summed E-state index contributed by atoms with van der Waals surface area (Å²) in [4.78, 5) is 36.2. The maximum Gasteiger partial charge on any atom is 0.256 e. The maximum atomic E-state index is 12.3. The molecule has 1 atom stereocenters. The van der Waals surface area contributed by atoms with E-state index in [-0.39, 0.29) is 17.4 Å². The summed E-state index contributed by atoms with van der Waals surface area (Å²) in [7, 11) is 0. The van der Waals surface area contributed by atoms with Gasteiger partial charge in [0, 0.05) is 34.7 Å². The first kappa shape index (κ1) is 22.2. The van der Waals surface area contributed by atoms with Crippen LogP contribution in [0.2, 0.25) is 0 Å². The second kappa shape index (κ2) is 9.22. The lowest BCUT2D eigenvalue weighted by molar-refractivity contribution is -0.118. The molecule has 2 aromatic heterocycles. The number of H-pyrrole nitrogens is 1. The van der Waals surface area contributed by atoms with E-state index in [2.05, 4.69) is 25.6 Å². The Balaban J connectivity index is 1.55. The van der Waals surface area contributed by atoms with Crippen molar-refractivity contribution < 1.29 is 4.79 Å². The van der Waals surface area contributed by atoms with Crippen molar-refractivity contribution in [3.05, 3.63) is 76.8 Å². The Morgan fingerprint density at radius 2 is 1.88 bits per heavy atom. The molecular weight excluding hydrogens is 416 g/mol. The number of carbonyl (C=O) groups is 1. The van der Waals surface area contributed by atoms with Crippen molar-refractivity contribution >= 4 is 34.1 Å². The Hall–Kier alpha value is -4.04. The number of anilines is 3. The number of benzene rings is 2. The van der Waals surface area contributed by atoms with Crippen LogP contribution in [0, 0.1) is 12.8 Å². The molecule has 8 nitrogen and oxygen atoms in total. The highest BCUT2D eigenvalue weighted by Gasteiger charge is 2.17. The Labute approximate surface area is 191 Å². The maximum absolute atomic E-state index is 12.3. The second-order valence-electron chi connectivity index (χ2n) is 8.30. The van der Waals surface area contributed by atoms with Gasteiger partial charge in [0.1, 0.15) is 0 Å². The van der Waals surface area contributed by atoms with Gasteiger partial charge < -0.3 is 21.4 Å². The van der Waals surface area contributed by atoms with Gasteiger partial charge in [-0.15, -0.1) is 0 Å². The molecule has 0 spiro atoms. The van der Waals surface area contributed by atoms with Crippen LogP contribution in [0.1, 0.15) is 19.4 Å². The van der Waals surface area contributed by atoms with Crippen molar-refractivity contribution in [2.45, 2.75) is 26.8 Å². The van der Waals surface area contributed by atoms with Crippen LogP contribution in [-0.2, 0) is 4.79 Å². The van der Waals surface area contributed by atoms with Gasteiger partial charge in [-0.05, 0) is 60.4 Å². The van der Waals surface area contributed by atoms with E-state index >= 15 is 0 Å². The molecule has 0 aliphatic carbocycles. The summed E-state index contributed by atoms with van der Waals surface area (Å²) in [5.41, 5.74) is 10.3. The number of carbonyl (C=O) groups excluding carboxylic acids is 1. The Bertz CT molecular complexity index is 1380.